The van der Waals surface area contributed by atoms with Gasteiger partial charge in [0.1, 0.15) is 5.82 Å². The molecule has 1 N–H and O–H groups in total. The number of halogens is 1. The molecule has 2 aliphatic rings. The normalized spacial score (nSPS) is 23.2. The van der Waals surface area contributed by atoms with Gasteiger partial charge in [-0.2, -0.15) is 0 Å². The van der Waals surface area contributed by atoms with Crippen LogP contribution >= 0.6 is 0 Å². The highest BCUT2D eigenvalue weighted by molar-refractivity contribution is 5.85. The monoisotopic (exact) mass is 390 g/mol. The first-order valence-electron chi connectivity index (χ1n) is 10.4. The summed E-state index contributed by atoms with van der Waals surface area (Å²) in [6, 6.07) is 5.85. The lowest BCUT2D eigenvalue weighted by atomic mass is 9.83. The zero-order valence-electron chi connectivity index (χ0n) is 16.7. The molecule has 0 bridgehead atoms. The van der Waals surface area contributed by atoms with E-state index in [1.165, 1.54) is 31.7 Å². The number of nitrogens with zero attached hydrogens (tertiary/aromatic N) is 1. The number of amides is 2. The average Bonchev–Trinajstić information content (AvgIpc) is 3.21. The Balaban J connectivity index is 1.75. The van der Waals surface area contributed by atoms with Gasteiger partial charge in [0.15, 0.2) is 0 Å². The lowest BCUT2D eigenvalue weighted by Crippen LogP contribution is -2.49. The van der Waals surface area contributed by atoms with Crippen LogP contribution in [0.3, 0.4) is 0 Å². The second-order valence-corrected chi connectivity index (χ2v) is 7.92. The van der Waals surface area contributed by atoms with E-state index in [4.69, 9.17) is 4.74 Å². The average molecular weight is 390 g/mol. The van der Waals surface area contributed by atoms with Crippen molar-refractivity contribution in [1.82, 2.24) is 10.2 Å². The highest BCUT2D eigenvalue weighted by Gasteiger charge is 2.41. The number of carbonyl (C=O) groups excluding carboxylic acids is 2. The van der Waals surface area contributed by atoms with Crippen LogP contribution in [0.1, 0.15) is 56.6 Å². The van der Waals surface area contributed by atoms with Crippen LogP contribution < -0.4 is 5.32 Å². The van der Waals surface area contributed by atoms with Crippen molar-refractivity contribution in [3.05, 3.63) is 35.6 Å². The van der Waals surface area contributed by atoms with Crippen LogP contribution in [0, 0.1) is 17.7 Å². The van der Waals surface area contributed by atoms with E-state index in [-0.39, 0.29) is 17.6 Å². The van der Waals surface area contributed by atoms with Crippen LogP contribution in [-0.2, 0) is 14.3 Å². The molecule has 0 radical (unpaired) electrons. The molecule has 154 valence electrons. The maximum atomic E-state index is 14.6. The summed E-state index contributed by atoms with van der Waals surface area (Å²) in [6.45, 7) is 1.35. The lowest BCUT2D eigenvalue weighted by Gasteiger charge is -2.41. The summed E-state index contributed by atoms with van der Waals surface area (Å²) in [7, 11) is 1.57. The molecule has 2 amide bonds. The highest BCUT2D eigenvalue weighted by atomic mass is 19.1. The van der Waals surface area contributed by atoms with Crippen LogP contribution in [0.2, 0.25) is 0 Å². The van der Waals surface area contributed by atoms with Crippen LogP contribution in [0.25, 0.3) is 0 Å². The van der Waals surface area contributed by atoms with E-state index in [1.807, 2.05) is 0 Å². The van der Waals surface area contributed by atoms with Gasteiger partial charge in [-0.25, -0.2) is 4.39 Å². The number of carbonyl (C=O) groups is 2. The maximum Gasteiger partial charge on any atom is 0.225 e. The number of rotatable bonds is 8. The Hall–Kier alpha value is -1.95. The smallest absolute Gasteiger partial charge is 0.225 e. The minimum atomic E-state index is -0.593. The number of piperidine rings is 1. The molecule has 1 aromatic carbocycles. The Kier molecular flexibility index (Phi) is 7.43. The largest absolute Gasteiger partial charge is 0.383 e. The van der Waals surface area contributed by atoms with Gasteiger partial charge in [-0.15, -0.1) is 0 Å². The van der Waals surface area contributed by atoms with E-state index < -0.39 is 12.0 Å². The third kappa shape index (κ3) is 4.90. The molecule has 2 atom stereocenters. The molecule has 3 rings (SSSR count). The molecule has 6 heteroatoms. The van der Waals surface area contributed by atoms with Gasteiger partial charge in [0.25, 0.3) is 0 Å². The van der Waals surface area contributed by atoms with Crippen LogP contribution in [0.15, 0.2) is 24.3 Å². The topological polar surface area (TPSA) is 58.6 Å². The predicted octanol–water partition coefficient (Wildman–Crippen LogP) is 3.45. The summed E-state index contributed by atoms with van der Waals surface area (Å²) in [5.74, 6) is -0.265. The zero-order chi connectivity index (χ0) is 19.9. The number of methoxy groups -OCH3 is 1. The lowest BCUT2D eigenvalue weighted by molar-refractivity contribution is -0.144. The number of hydrogen-bond donors (Lipinski definition) is 1. The molecule has 0 aromatic heterocycles. The van der Waals surface area contributed by atoms with Crippen molar-refractivity contribution in [2.45, 2.75) is 51.0 Å². The number of benzene rings is 1. The van der Waals surface area contributed by atoms with E-state index in [0.717, 1.165) is 6.42 Å². The van der Waals surface area contributed by atoms with E-state index in [2.05, 4.69) is 5.32 Å². The van der Waals surface area contributed by atoms with Crippen molar-refractivity contribution in [2.24, 2.45) is 11.8 Å². The fourth-order valence-electron chi connectivity index (χ4n) is 4.61. The van der Waals surface area contributed by atoms with Gasteiger partial charge < -0.3 is 15.0 Å². The fraction of sp³-hybridized carbons (Fsp3) is 0.636. The van der Waals surface area contributed by atoms with Gasteiger partial charge in [0.2, 0.25) is 11.8 Å². The molecule has 0 unspecified atom stereocenters. The third-order valence-electron chi connectivity index (χ3n) is 6.13. The van der Waals surface area contributed by atoms with Gasteiger partial charge in [0.05, 0.1) is 18.6 Å². The van der Waals surface area contributed by atoms with Crippen molar-refractivity contribution in [3.63, 3.8) is 0 Å². The molecule has 28 heavy (non-hydrogen) atoms. The molecule has 1 aliphatic carbocycles. The molecule has 2 fully saturated rings. The van der Waals surface area contributed by atoms with Gasteiger partial charge in [-0.05, 0) is 24.8 Å². The van der Waals surface area contributed by atoms with E-state index in [0.29, 0.717) is 44.0 Å². The van der Waals surface area contributed by atoms with E-state index in [9.17, 15) is 14.0 Å². The molecule has 1 aromatic rings. The summed E-state index contributed by atoms with van der Waals surface area (Å²) >= 11 is 0. The molecule has 0 spiro atoms. The number of ether oxygens (including phenoxy) is 1. The Morgan fingerprint density at radius 3 is 2.71 bits per heavy atom. The van der Waals surface area contributed by atoms with Crippen LogP contribution in [0.4, 0.5) is 4.39 Å². The number of nitrogens with one attached hydrogen (secondary N) is 1. The quantitative estimate of drug-likeness (QED) is 0.740. The summed E-state index contributed by atoms with van der Waals surface area (Å²) < 4.78 is 19.7. The first-order valence-corrected chi connectivity index (χ1v) is 10.4. The molecule has 1 heterocycles. The highest BCUT2D eigenvalue weighted by Crippen LogP contribution is 2.38. The first kappa shape index (κ1) is 20.8. The van der Waals surface area contributed by atoms with Crippen molar-refractivity contribution < 1.29 is 18.7 Å². The first-order chi connectivity index (χ1) is 13.6. The SMILES string of the molecule is COCCN1C(=O)CC[C@@H](C(=O)NCCC2CCCC2)[C@@H]1c1ccccc1F. The Labute approximate surface area is 166 Å². The molecule has 1 saturated heterocycles. The molecular weight excluding hydrogens is 359 g/mol. The number of likely N-dealkylation sites (tertiary alicyclic amines) is 1. The maximum absolute atomic E-state index is 14.6. The minimum absolute atomic E-state index is 0.0553. The summed E-state index contributed by atoms with van der Waals surface area (Å²) in [6.07, 6.45) is 6.80. The molecule has 1 aliphatic heterocycles. The molecular formula is C22H31FN2O3. The fourth-order valence-corrected chi connectivity index (χ4v) is 4.61. The Bertz CT molecular complexity index is 676. The minimum Gasteiger partial charge on any atom is -0.383 e. The van der Waals surface area contributed by atoms with Gasteiger partial charge in [-0.1, -0.05) is 43.9 Å². The zero-order valence-corrected chi connectivity index (χ0v) is 16.7. The summed E-state index contributed by atoms with van der Waals surface area (Å²) in [4.78, 5) is 27.2. The molecule has 1 saturated carbocycles. The van der Waals surface area contributed by atoms with Crippen LogP contribution in [-0.4, -0.2) is 43.5 Å². The predicted molar refractivity (Wildman–Crippen MR) is 105 cm³/mol. The second kappa shape index (κ2) is 10.0. The van der Waals surface area contributed by atoms with E-state index >= 15 is 0 Å². The Morgan fingerprint density at radius 2 is 2.00 bits per heavy atom. The summed E-state index contributed by atoms with van der Waals surface area (Å²) in [5, 5.41) is 3.06. The summed E-state index contributed by atoms with van der Waals surface area (Å²) in [5.41, 5.74) is 0.405. The standard InChI is InChI=1S/C22H31FN2O3/c1-28-15-14-25-20(26)11-10-18(21(25)17-8-4-5-9-19(17)23)22(27)24-13-12-16-6-2-3-7-16/h4-5,8-9,16,18,21H,2-3,6-7,10-15H2,1H3,(H,24,27)/t18-,21+/m1/s1. The van der Waals surface area contributed by atoms with Gasteiger partial charge in [0, 0.05) is 32.2 Å². The molecule has 5 nitrogen and oxygen atoms in total. The Morgan fingerprint density at radius 1 is 1.25 bits per heavy atom. The number of hydrogen-bond acceptors (Lipinski definition) is 3. The van der Waals surface area contributed by atoms with Crippen molar-refractivity contribution in [3.8, 4) is 0 Å². The van der Waals surface area contributed by atoms with E-state index in [1.54, 1.807) is 30.2 Å². The van der Waals surface area contributed by atoms with Crippen molar-refractivity contribution in [1.29, 1.82) is 0 Å². The second-order valence-electron chi connectivity index (χ2n) is 7.92. The van der Waals surface area contributed by atoms with Crippen LogP contribution in [0.5, 0.6) is 0 Å². The third-order valence-corrected chi connectivity index (χ3v) is 6.13. The van der Waals surface area contributed by atoms with Crippen molar-refractivity contribution >= 4 is 11.8 Å². The van der Waals surface area contributed by atoms with Crippen molar-refractivity contribution in [2.75, 3.05) is 26.8 Å². The van der Waals surface area contributed by atoms with Gasteiger partial charge >= 0.3 is 0 Å². The van der Waals surface area contributed by atoms with Gasteiger partial charge in [-0.3, -0.25) is 9.59 Å².